The Bertz CT molecular complexity index is 364. The SMILES string of the molecule is C=C(C)CC1CC2C3CC(CC(=C)C)C(C3)C2C1. The predicted octanol–water partition coefficient (Wildman–Crippen LogP) is 5.22. The molecule has 2 bridgehead atoms. The molecule has 18 heavy (non-hydrogen) atoms. The third kappa shape index (κ3) is 2.08. The van der Waals surface area contributed by atoms with Crippen LogP contribution < -0.4 is 0 Å². The molecule has 0 N–H and O–H groups in total. The van der Waals surface area contributed by atoms with E-state index in [4.69, 9.17) is 0 Å². The maximum atomic E-state index is 4.13. The zero-order chi connectivity index (χ0) is 12.9. The quantitative estimate of drug-likeness (QED) is 0.595. The van der Waals surface area contributed by atoms with E-state index in [1.54, 1.807) is 6.42 Å². The molecule has 0 heteroatoms. The molecule has 6 unspecified atom stereocenters. The summed E-state index contributed by atoms with van der Waals surface area (Å²) in [6.07, 6.45) is 8.67. The second kappa shape index (κ2) is 4.54. The van der Waals surface area contributed by atoms with Crippen molar-refractivity contribution in [3.63, 3.8) is 0 Å². The van der Waals surface area contributed by atoms with Crippen LogP contribution in [0.2, 0.25) is 0 Å². The lowest BCUT2D eigenvalue weighted by atomic mass is 9.74. The summed E-state index contributed by atoms with van der Waals surface area (Å²) in [5.41, 5.74) is 2.80. The molecule has 0 radical (unpaired) electrons. The molecule has 3 fully saturated rings. The first-order valence-corrected chi connectivity index (χ1v) is 7.83. The van der Waals surface area contributed by atoms with Crippen molar-refractivity contribution in [2.24, 2.45) is 35.5 Å². The number of hydrogen-bond acceptors (Lipinski definition) is 0. The molecule has 0 saturated heterocycles. The standard InChI is InChI=1S/C18H28/c1-11(2)5-13-7-16-15-9-14(6-12(3)4)17(10-15)18(16)8-13/h13-18H,1,3,5-10H2,2,4H3. The van der Waals surface area contributed by atoms with Gasteiger partial charge in [-0.15, -0.1) is 13.2 Å². The van der Waals surface area contributed by atoms with Crippen LogP contribution in [0.5, 0.6) is 0 Å². The maximum absolute atomic E-state index is 4.13. The molecular weight excluding hydrogens is 216 g/mol. The average Bonchev–Trinajstić information content (AvgIpc) is 2.85. The topological polar surface area (TPSA) is 0 Å². The van der Waals surface area contributed by atoms with Crippen LogP contribution in [0.15, 0.2) is 24.3 Å². The molecular formula is C18H28. The van der Waals surface area contributed by atoms with Crippen molar-refractivity contribution in [1.82, 2.24) is 0 Å². The summed E-state index contributed by atoms with van der Waals surface area (Å²) in [6, 6.07) is 0. The predicted molar refractivity (Wildman–Crippen MR) is 78.3 cm³/mol. The lowest BCUT2D eigenvalue weighted by Crippen LogP contribution is -2.24. The molecule has 0 nitrogen and oxygen atoms in total. The molecule has 3 aliphatic rings. The molecule has 6 atom stereocenters. The second-order valence-corrected chi connectivity index (χ2v) is 7.64. The summed E-state index contributed by atoms with van der Waals surface area (Å²) in [7, 11) is 0. The third-order valence-corrected chi connectivity index (χ3v) is 5.95. The molecule has 3 saturated carbocycles. The lowest BCUT2D eigenvalue weighted by molar-refractivity contribution is 0.188. The third-order valence-electron chi connectivity index (χ3n) is 5.95. The Morgan fingerprint density at radius 3 is 2.17 bits per heavy atom. The van der Waals surface area contributed by atoms with E-state index in [1.165, 1.54) is 43.3 Å². The fourth-order valence-electron chi connectivity index (χ4n) is 5.67. The van der Waals surface area contributed by atoms with Crippen LogP contribution in [0.3, 0.4) is 0 Å². The first-order valence-electron chi connectivity index (χ1n) is 7.83. The highest BCUT2D eigenvalue weighted by molar-refractivity contribution is 5.08. The molecule has 0 amide bonds. The summed E-state index contributed by atoms with van der Waals surface area (Å²) in [5, 5.41) is 0. The first kappa shape index (κ1) is 12.5. The van der Waals surface area contributed by atoms with Crippen LogP contribution in [0, 0.1) is 35.5 Å². The van der Waals surface area contributed by atoms with Crippen LogP contribution in [0.4, 0.5) is 0 Å². The summed E-state index contributed by atoms with van der Waals surface area (Å²) >= 11 is 0. The second-order valence-electron chi connectivity index (χ2n) is 7.64. The molecule has 0 aromatic carbocycles. The normalized spacial score (nSPS) is 45.2. The molecule has 0 aromatic heterocycles. The van der Waals surface area contributed by atoms with Gasteiger partial charge >= 0.3 is 0 Å². The van der Waals surface area contributed by atoms with Gasteiger partial charge < -0.3 is 0 Å². The summed E-state index contributed by atoms with van der Waals surface area (Å²) in [5.74, 6) is 6.22. The number of hydrogen-bond donors (Lipinski definition) is 0. The molecule has 3 rings (SSSR count). The Morgan fingerprint density at radius 2 is 1.50 bits per heavy atom. The zero-order valence-electron chi connectivity index (χ0n) is 12.1. The number of allylic oxidation sites excluding steroid dienone is 2. The van der Waals surface area contributed by atoms with E-state index in [-0.39, 0.29) is 0 Å². The van der Waals surface area contributed by atoms with Gasteiger partial charge in [0.15, 0.2) is 0 Å². The summed E-state index contributed by atoms with van der Waals surface area (Å²) in [4.78, 5) is 0. The fraction of sp³-hybridized carbons (Fsp3) is 0.778. The first-order chi connectivity index (χ1) is 8.54. The minimum Gasteiger partial charge on any atom is -0.100 e. The van der Waals surface area contributed by atoms with Crippen molar-refractivity contribution in [2.75, 3.05) is 0 Å². The fourth-order valence-corrected chi connectivity index (χ4v) is 5.67. The lowest BCUT2D eigenvalue weighted by Gasteiger charge is -2.31. The van der Waals surface area contributed by atoms with E-state index in [2.05, 4.69) is 27.0 Å². The van der Waals surface area contributed by atoms with Crippen LogP contribution in [0.25, 0.3) is 0 Å². The van der Waals surface area contributed by atoms with Crippen LogP contribution in [0.1, 0.15) is 52.4 Å². The van der Waals surface area contributed by atoms with Gasteiger partial charge in [0, 0.05) is 0 Å². The van der Waals surface area contributed by atoms with Crippen LogP contribution in [-0.2, 0) is 0 Å². The largest absolute Gasteiger partial charge is 0.100 e. The molecule has 0 spiro atoms. The highest BCUT2D eigenvalue weighted by Crippen LogP contribution is 2.63. The van der Waals surface area contributed by atoms with Crippen molar-refractivity contribution >= 4 is 0 Å². The van der Waals surface area contributed by atoms with Crippen LogP contribution >= 0.6 is 0 Å². The van der Waals surface area contributed by atoms with Gasteiger partial charge in [0.2, 0.25) is 0 Å². The average molecular weight is 244 g/mol. The van der Waals surface area contributed by atoms with Crippen molar-refractivity contribution in [2.45, 2.75) is 52.4 Å². The van der Waals surface area contributed by atoms with Gasteiger partial charge in [-0.1, -0.05) is 11.1 Å². The van der Waals surface area contributed by atoms with E-state index in [1.807, 2.05) is 0 Å². The Hall–Kier alpha value is -0.520. The Kier molecular flexibility index (Phi) is 3.16. The number of rotatable bonds is 4. The Morgan fingerprint density at radius 1 is 0.833 bits per heavy atom. The van der Waals surface area contributed by atoms with Gasteiger partial charge in [-0.05, 0) is 87.9 Å². The maximum Gasteiger partial charge on any atom is -0.0294 e. The van der Waals surface area contributed by atoms with Crippen molar-refractivity contribution < 1.29 is 0 Å². The highest BCUT2D eigenvalue weighted by Gasteiger charge is 2.55. The Labute approximate surface area is 113 Å². The van der Waals surface area contributed by atoms with E-state index < -0.39 is 0 Å². The zero-order valence-corrected chi connectivity index (χ0v) is 12.1. The monoisotopic (exact) mass is 244 g/mol. The molecule has 0 aliphatic heterocycles. The van der Waals surface area contributed by atoms with E-state index in [0.717, 1.165) is 35.5 Å². The Balaban J connectivity index is 1.65. The molecule has 3 aliphatic carbocycles. The van der Waals surface area contributed by atoms with Crippen molar-refractivity contribution in [1.29, 1.82) is 0 Å². The van der Waals surface area contributed by atoms with Gasteiger partial charge in [-0.2, -0.15) is 0 Å². The smallest absolute Gasteiger partial charge is 0.0294 e. The molecule has 100 valence electrons. The minimum absolute atomic E-state index is 0.964. The van der Waals surface area contributed by atoms with Crippen molar-refractivity contribution in [3.8, 4) is 0 Å². The summed E-state index contributed by atoms with van der Waals surface area (Å²) in [6.45, 7) is 12.7. The van der Waals surface area contributed by atoms with Gasteiger partial charge in [-0.3, -0.25) is 0 Å². The number of fused-ring (bicyclic) bond motifs is 5. The highest BCUT2D eigenvalue weighted by atomic mass is 14.6. The molecule has 0 aromatic rings. The van der Waals surface area contributed by atoms with Gasteiger partial charge in [0.25, 0.3) is 0 Å². The van der Waals surface area contributed by atoms with E-state index in [0.29, 0.717) is 0 Å². The van der Waals surface area contributed by atoms with E-state index in [9.17, 15) is 0 Å². The molecule has 0 heterocycles. The minimum atomic E-state index is 0.964. The summed E-state index contributed by atoms with van der Waals surface area (Å²) < 4.78 is 0. The van der Waals surface area contributed by atoms with Gasteiger partial charge in [0.1, 0.15) is 0 Å². The van der Waals surface area contributed by atoms with Crippen molar-refractivity contribution in [3.05, 3.63) is 24.3 Å². The van der Waals surface area contributed by atoms with Crippen LogP contribution in [-0.4, -0.2) is 0 Å². The van der Waals surface area contributed by atoms with E-state index >= 15 is 0 Å². The van der Waals surface area contributed by atoms with Gasteiger partial charge in [0.05, 0.1) is 0 Å². The van der Waals surface area contributed by atoms with Gasteiger partial charge in [-0.25, -0.2) is 0 Å².